The van der Waals surface area contributed by atoms with Crippen molar-refractivity contribution in [2.24, 2.45) is 0 Å². The third kappa shape index (κ3) is 8.63. The average molecular weight is 923 g/mol. The zero-order valence-electron chi connectivity index (χ0n) is 31.4. The highest BCUT2D eigenvalue weighted by molar-refractivity contribution is 7.98. The summed E-state index contributed by atoms with van der Waals surface area (Å²) in [7, 11) is 0. The lowest BCUT2D eigenvalue weighted by atomic mass is 10.2. The fourth-order valence-corrected chi connectivity index (χ4v) is 13.9. The number of carbonyl (C=O) groups is 1. The Bertz CT molecular complexity index is 3160. The minimum atomic E-state index is 0.790. The summed E-state index contributed by atoms with van der Waals surface area (Å²) in [6.07, 6.45) is 5.42. The number of benzene rings is 2. The second-order valence-corrected chi connectivity index (χ2v) is 21.5. The molecule has 0 atom stereocenters. The Balaban J connectivity index is 0.000000140. The van der Waals surface area contributed by atoms with E-state index in [2.05, 4.69) is 87.5 Å². The molecule has 0 spiro atoms. The van der Waals surface area contributed by atoms with Crippen molar-refractivity contribution in [3.05, 3.63) is 173 Å². The highest BCUT2D eigenvalue weighted by atomic mass is 32.2. The first-order valence-corrected chi connectivity index (χ1v) is 25.8. The summed E-state index contributed by atoms with van der Waals surface area (Å²) in [4.78, 5) is 40.5. The number of carbonyl (C=O) groups excluding carboxylic acids is 1. The standard InChI is InChI=1S/C28H16N2S5.C10H8N2S.C9H6OS2/c1-2-6-20-19(5-1)29-27-25(15-17-9-11-23(33-17)21-7-3-13-31-21)35-26(28(27)30-20)16-18-10-12-24(34-18)22-8-4-14-32-22;1-2-4-8-7(3-1)11-9-5-13-6-10(9)12-8;10-6-7-3-4-9(12-7)8-2-1-5-11-8/h1-16H;1-4H,5-6H2;1-6H/b25-15-,26-16-;;. The van der Waals surface area contributed by atoms with Gasteiger partial charge in [0.25, 0.3) is 0 Å². The van der Waals surface area contributed by atoms with E-state index in [9.17, 15) is 4.79 Å². The summed E-state index contributed by atoms with van der Waals surface area (Å²) in [5.41, 5.74) is 8.18. The van der Waals surface area contributed by atoms with Crippen molar-refractivity contribution in [3.8, 4) is 29.3 Å². The van der Waals surface area contributed by atoms with Crippen LogP contribution in [-0.4, -0.2) is 26.2 Å². The van der Waals surface area contributed by atoms with Crippen LogP contribution in [0.5, 0.6) is 0 Å². The predicted molar refractivity (Wildman–Crippen MR) is 264 cm³/mol. The number of hydrogen-bond acceptors (Lipinski definition) is 13. The van der Waals surface area contributed by atoms with Crippen LogP contribution in [0.2, 0.25) is 0 Å². The van der Waals surface area contributed by atoms with E-state index in [-0.39, 0.29) is 0 Å². The Morgan fingerprint density at radius 1 is 0.400 bits per heavy atom. The lowest BCUT2D eigenvalue weighted by Gasteiger charge is -1.99. The quantitative estimate of drug-likeness (QED) is 0.155. The molecule has 5 nitrogen and oxygen atoms in total. The summed E-state index contributed by atoms with van der Waals surface area (Å²) in [5.74, 6) is 2.04. The molecule has 1 aliphatic heterocycles. The number of thiophene rings is 7. The molecule has 12 rings (SSSR count). The number of fused-ring (bicyclic) bond motifs is 4. The van der Waals surface area contributed by atoms with Gasteiger partial charge in [-0.3, -0.25) is 4.79 Å². The maximum atomic E-state index is 10.4. The van der Waals surface area contributed by atoms with Crippen LogP contribution in [0.3, 0.4) is 0 Å². The Morgan fingerprint density at radius 3 is 1.18 bits per heavy atom. The van der Waals surface area contributed by atoms with Gasteiger partial charge >= 0.3 is 0 Å². The van der Waals surface area contributed by atoms with E-state index in [0.717, 1.165) is 64.8 Å². The van der Waals surface area contributed by atoms with Gasteiger partial charge in [0.1, 0.15) is 11.0 Å². The molecule has 0 N–H and O–H groups in total. The highest BCUT2D eigenvalue weighted by Crippen LogP contribution is 2.34. The van der Waals surface area contributed by atoms with Crippen molar-refractivity contribution >= 4 is 143 Å². The molecule has 11 aromatic rings. The van der Waals surface area contributed by atoms with Crippen molar-refractivity contribution in [2.75, 3.05) is 0 Å². The van der Waals surface area contributed by atoms with Gasteiger partial charge in [-0.05, 0) is 107 Å². The van der Waals surface area contributed by atoms with Gasteiger partial charge in [0.2, 0.25) is 0 Å². The van der Waals surface area contributed by atoms with E-state index >= 15 is 0 Å². The topological polar surface area (TPSA) is 68.6 Å². The first-order chi connectivity index (χ1) is 29.6. The van der Waals surface area contributed by atoms with Gasteiger partial charge in [-0.15, -0.1) is 91.1 Å². The molecule has 0 saturated heterocycles. The van der Waals surface area contributed by atoms with Gasteiger partial charge in [0.05, 0.1) is 47.4 Å². The van der Waals surface area contributed by atoms with Crippen molar-refractivity contribution in [1.29, 1.82) is 0 Å². The summed E-state index contributed by atoms with van der Waals surface area (Å²) in [6, 6.07) is 41.5. The van der Waals surface area contributed by atoms with Crippen LogP contribution in [0.25, 0.3) is 74.5 Å². The molecule has 0 amide bonds. The molecule has 0 saturated carbocycles. The zero-order valence-corrected chi connectivity index (χ0v) is 37.9. The van der Waals surface area contributed by atoms with Crippen LogP contribution in [0.1, 0.15) is 30.8 Å². The van der Waals surface area contributed by atoms with Crippen molar-refractivity contribution in [2.45, 2.75) is 11.5 Å². The number of aromatic nitrogens is 4. The Labute approximate surface area is 377 Å². The molecule has 0 fully saturated rings. The predicted octanol–water partition coefficient (Wildman–Crippen LogP) is 13.7. The van der Waals surface area contributed by atoms with Crippen LogP contribution in [-0.2, 0) is 11.5 Å². The average Bonchev–Trinajstić information content (AvgIpc) is 4.13. The van der Waals surface area contributed by atoms with Gasteiger partial charge in [0.15, 0.2) is 6.29 Å². The molecule has 1 aliphatic rings. The summed E-state index contributed by atoms with van der Waals surface area (Å²) < 4.78 is 2.30. The highest BCUT2D eigenvalue weighted by Gasteiger charge is 2.15. The summed E-state index contributed by atoms with van der Waals surface area (Å²) >= 11 is 14.1. The normalized spacial score (nSPS) is 12.7. The molecule has 60 heavy (non-hydrogen) atoms. The number of aldehydes is 1. The van der Waals surface area contributed by atoms with E-state index in [1.54, 1.807) is 45.3 Å². The summed E-state index contributed by atoms with van der Waals surface area (Å²) in [5, 5.41) is 6.29. The van der Waals surface area contributed by atoms with E-state index in [0.29, 0.717) is 0 Å². The molecule has 13 heteroatoms. The maximum absolute atomic E-state index is 10.4. The largest absolute Gasteiger partial charge is 0.297 e. The Hall–Kier alpha value is -4.96. The minimum absolute atomic E-state index is 0.790. The van der Waals surface area contributed by atoms with Crippen LogP contribution >= 0.6 is 91.1 Å². The molecule has 0 aliphatic carbocycles. The van der Waals surface area contributed by atoms with Crippen LogP contribution in [0.15, 0.2) is 137 Å². The van der Waals surface area contributed by atoms with Crippen molar-refractivity contribution < 1.29 is 4.79 Å². The lowest BCUT2D eigenvalue weighted by Crippen LogP contribution is -1.97. The van der Waals surface area contributed by atoms with Gasteiger partial charge in [-0.25, -0.2) is 19.9 Å². The molecule has 2 aromatic carbocycles. The van der Waals surface area contributed by atoms with E-state index in [1.807, 2.05) is 107 Å². The SMILES string of the molecule is C(/c1ccc(-c2cccs2)s1)=c1/s/c(=C\c2ccc(-c3cccs3)s2)c2nc3ccccc3nc12.O=Cc1ccc(-c2cccs2)s1.c1ccc2nc3c(nc2c1)CSC3. The third-order valence-electron chi connectivity index (χ3n) is 9.30. The van der Waals surface area contributed by atoms with Crippen molar-refractivity contribution in [3.63, 3.8) is 0 Å². The number of rotatable bonds is 6. The van der Waals surface area contributed by atoms with Gasteiger partial charge < -0.3 is 0 Å². The third-order valence-corrected chi connectivity index (χ3v) is 17.6. The Morgan fingerprint density at radius 2 is 0.800 bits per heavy atom. The van der Waals surface area contributed by atoms with Gasteiger partial charge in [0, 0.05) is 50.5 Å². The molecule has 292 valence electrons. The van der Waals surface area contributed by atoms with E-state index in [4.69, 9.17) is 9.97 Å². The van der Waals surface area contributed by atoms with Crippen LogP contribution < -0.4 is 9.06 Å². The molecular weight excluding hydrogens is 893 g/mol. The fourth-order valence-electron chi connectivity index (χ4n) is 6.49. The van der Waals surface area contributed by atoms with Crippen molar-refractivity contribution in [1.82, 2.24) is 19.9 Å². The van der Waals surface area contributed by atoms with E-state index < -0.39 is 0 Å². The zero-order chi connectivity index (χ0) is 40.3. The van der Waals surface area contributed by atoms with Gasteiger partial charge in [-0.2, -0.15) is 0 Å². The number of thioether (sulfide) groups is 1. The molecule has 0 unspecified atom stereocenters. The lowest BCUT2D eigenvalue weighted by molar-refractivity contribution is 0.112. The second kappa shape index (κ2) is 17.9. The van der Waals surface area contributed by atoms with Gasteiger partial charge in [-0.1, -0.05) is 42.5 Å². The second-order valence-electron chi connectivity index (χ2n) is 13.3. The number of para-hydroxylation sites is 4. The first-order valence-electron chi connectivity index (χ1n) is 18.7. The van der Waals surface area contributed by atoms with Crippen LogP contribution in [0.4, 0.5) is 0 Å². The minimum Gasteiger partial charge on any atom is -0.297 e. The van der Waals surface area contributed by atoms with Crippen LogP contribution in [0, 0.1) is 0 Å². The number of hydrogen-bond donors (Lipinski definition) is 0. The number of nitrogens with zero attached hydrogens (tertiary/aromatic N) is 4. The molecule has 0 radical (unpaired) electrons. The maximum Gasteiger partial charge on any atom is 0.160 e. The molecule has 9 aromatic heterocycles. The van der Waals surface area contributed by atoms with E-state index in [1.165, 1.54) is 61.7 Å². The molecule has 0 bridgehead atoms. The molecule has 10 heterocycles. The Kier molecular flexibility index (Phi) is 11.7. The summed E-state index contributed by atoms with van der Waals surface area (Å²) in [6.45, 7) is 0. The smallest absolute Gasteiger partial charge is 0.160 e. The monoisotopic (exact) mass is 922 g/mol. The first kappa shape index (κ1) is 39.2. The molecular formula is C47H30N4OS8. The fraction of sp³-hybridized carbons (Fsp3) is 0.0426.